The second-order valence-electron chi connectivity index (χ2n) is 6.76. The second-order valence-corrected chi connectivity index (χ2v) is 7.62. The third-order valence-electron chi connectivity index (χ3n) is 5.09. The van der Waals surface area contributed by atoms with Gasteiger partial charge in [-0.3, -0.25) is 14.4 Å². The van der Waals surface area contributed by atoms with E-state index in [0.29, 0.717) is 44.7 Å². The van der Waals surface area contributed by atoms with E-state index in [9.17, 15) is 14.4 Å². The summed E-state index contributed by atoms with van der Waals surface area (Å²) in [4.78, 5) is 40.9. The molecule has 4 atom stereocenters. The molecule has 3 fully saturated rings. The minimum Gasteiger partial charge on any atom is -0.372 e. The van der Waals surface area contributed by atoms with Gasteiger partial charge in [0.1, 0.15) is 12.1 Å². The van der Waals surface area contributed by atoms with Crippen LogP contribution in [0.3, 0.4) is 0 Å². The molecule has 0 aromatic carbocycles. The molecule has 1 N–H and O–H groups in total. The summed E-state index contributed by atoms with van der Waals surface area (Å²) in [6.45, 7) is 5.02. The van der Waals surface area contributed by atoms with Crippen LogP contribution in [0, 0.1) is 0 Å². The standard InChI is InChI=1S/C17H25N3O4S/c1-3-6-24-12-8-14-16(22)19-5-4-11(18-15(21)10-25-2)7-13(19)17(23)20(14)9-12/h3,11-14H,1,4-10H2,2H3,(H,18,21). The lowest BCUT2D eigenvalue weighted by molar-refractivity contribution is -0.162. The molecule has 0 spiro atoms. The molecule has 4 unspecified atom stereocenters. The number of nitrogens with zero attached hydrogens (tertiary/aromatic N) is 2. The van der Waals surface area contributed by atoms with E-state index in [0.717, 1.165) is 0 Å². The second kappa shape index (κ2) is 7.78. The Hall–Kier alpha value is -1.54. The van der Waals surface area contributed by atoms with Gasteiger partial charge in [-0.05, 0) is 19.1 Å². The van der Waals surface area contributed by atoms with Gasteiger partial charge in [0.2, 0.25) is 17.7 Å². The Kier molecular flexibility index (Phi) is 5.68. The summed E-state index contributed by atoms with van der Waals surface area (Å²) < 4.78 is 5.65. The Balaban J connectivity index is 1.66. The summed E-state index contributed by atoms with van der Waals surface area (Å²) in [5.41, 5.74) is 0. The van der Waals surface area contributed by atoms with Crippen LogP contribution in [0.4, 0.5) is 0 Å². The summed E-state index contributed by atoms with van der Waals surface area (Å²) in [5.74, 6) is 0.396. The number of ether oxygens (including phenoxy) is 1. The molecule has 25 heavy (non-hydrogen) atoms. The maximum Gasteiger partial charge on any atom is 0.246 e. The smallest absolute Gasteiger partial charge is 0.246 e. The van der Waals surface area contributed by atoms with Crippen LogP contribution < -0.4 is 5.32 Å². The number of carbonyl (C=O) groups is 3. The summed E-state index contributed by atoms with van der Waals surface area (Å²) >= 11 is 1.47. The zero-order chi connectivity index (χ0) is 18.0. The quantitative estimate of drug-likeness (QED) is 0.669. The van der Waals surface area contributed by atoms with Crippen LogP contribution >= 0.6 is 11.8 Å². The summed E-state index contributed by atoms with van der Waals surface area (Å²) in [7, 11) is 0. The van der Waals surface area contributed by atoms with Crippen molar-refractivity contribution in [3.8, 4) is 0 Å². The number of piperazine rings is 1. The van der Waals surface area contributed by atoms with E-state index in [-0.39, 0.29) is 29.9 Å². The topological polar surface area (TPSA) is 79.0 Å². The van der Waals surface area contributed by atoms with Crippen molar-refractivity contribution in [3.05, 3.63) is 12.7 Å². The van der Waals surface area contributed by atoms with Gasteiger partial charge in [0.15, 0.2) is 0 Å². The molecular formula is C17H25N3O4S. The van der Waals surface area contributed by atoms with E-state index >= 15 is 0 Å². The van der Waals surface area contributed by atoms with E-state index in [1.54, 1.807) is 15.9 Å². The molecule has 3 amide bonds. The highest BCUT2D eigenvalue weighted by atomic mass is 32.2. The summed E-state index contributed by atoms with van der Waals surface area (Å²) in [6, 6.07) is -0.916. The third kappa shape index (κ3) is 3.69. The summed E-state index contributed by atoms with van der Waals surface area (Å²) in [6.07, 6.45) is 5.17. The van der Waals surface area contributed by atoms with E-state index < -0.39 is 12.1 Å². The fourth-order valence-corrected chi connectivity index (χ4v) is 4.32. The lowest BCUT2D eigenvalue weighted by atomic mass is 9.92. The average molecular weight is 367 g/mol. The van der Waals surface area contributed by atoms with Crippen LogP contribution in [-0.4, -0.2) is 83.5 Å². The highest BCUT2D eigenvalue weighted by molar-refractivity contribution is 7.99. The molecule has 8 heteroatoms. The number of hydrogen-bond donors (Lipinski definition) is 1. The molecule has 3 aliphatic heterocycles. The zero-order valence-corrected chi connectivity index (χ0v) is 15.3. The molecule has 0 aromatic rings. The minimum absolute atomic E-state index is 0.0156. The molecule has 138 valence electrons. The lowest BCUT2D eigenvalue weighted by Crippen LogP contribution is -2.66. The van der Waals surface area contributed by atoms with E-state index in [2.05, 4.69) is 11.9 Å². The molecule has 0 aliphatic carbocycles. The number of carbonyl (C=O) groups excluding carboxylic acids is 3. The largest absolute Gasteiger partial charge is 0.372 e. The van der Waals surface area contributed by atoms with Crippen molar-refractivity contribution in [1.82, 2.24) is 15.1 Å². The van der Waals surface area contributed by atoms with Crippen LogP contribution in [0.15, 0.2) is 12.7 Å². The first kappa shape index (κ1) is 18.3. The van der Waals surface area contributed by atoms with Gasteiger partial charge in [0.05, 0.1) is 18.5 Å². The average Bonchev–Trinajstić information content (AvgIpc) is 3.02. The van der Waals surface area contributed by atoms with Crippen LogP contribution in [0.25, 0.3) is 0 Å². The van der Waals surface area contributed by atoms with Crippen LogP contribution in [0.5, 0.6) is 0 Å². The van der Waals surface area contributed by atoms with Gasteiger partial charge >= 0.3 is 0 Å². The van der Waals surface area contributed by atoms with E-state index in [1.165, 1.54) is 11.8 Å². The predicted octanol–water partition coefficient (Wildman–Crippen LogP) is 0.0109. The molecule has 0 aromatic heterocycles. The first-order chi connectivity index (χ1) is 12.0. The molecule has 3 saturated heterocycles. The van der Waals surface area contributed by atoms with E-state index in [4.69, 9.17) is 4.74 Å². The van der Waals surface area contributed by atoms with Crippen molar-refractivity contribution in [3.63, 3.8) is 0 Å². The van der Waals surface area contributed by atoms with Crippen molar-refractivity contribution in [2.45, 2.75) is 43.5 Å². The number of hydrogen-bond acceptors (Lipinski definition) is 5. The number of amides is 3. The Morgan fingerprint density at radius 2 is 2.04 bits per heavy atom. The zero-order valence-electron chi connectivity index (χ0n) is 14.5. The monoisotopic (exact) mass is 367 g/mol. The van der Waals surface area contributed by atoms with Gasteiger partial charge in [-0.25, -0.2) is 0 Å². The van der Waals surface area contributed by atoms with Crippen molar-refractivity contribution >= 4 is 29.5 Å². The number of rotatable bonds is 6. The van der Waals surface area contributed by atoms with Gasteiger partial charge in [0, 0.05) is 25.6 Å². The molecule has 7 nitrogen and oxygen atoms in total. The fourth-order valence-electron chi connectivity index (χ4n) is 3.98. The highest BCUT2D eigenvalue weighted by Gasteiger charge is 2.52. The van der Waals surface area contributed by atoms with Gasteiger partial charge in [0.25, 0.3) is 0 Å². The maximum absolute atomic E-state index is 12.9. The SMILES string of the molecule is C=CCOC1CC2C(=O)N3CCC(NC(=O)CSC)CC3C(=O)N2C1. The van der Waals surface area contributed by atoms with Gasteiger partial charge < -0.3 is 19.9 Å². The first-order valence-corrected chi connectivity index (χ1v) is 10.1. The predicted molar refractivity (Wildman–Crippen MR) is 95.1 cm³/mol. The summed E-state index contributed by atoms with van der Waals surface area (Å²) in [5, 5.41) is 2.98. The Morgan fingerprint density at radius 1 is 1.32 bits per heavy atom. The molecule has 3 heterocycles. The Morgan fingerprint density at radius 3 is 2.76 bits per heavy atom. The van der Waals surface area contributed by atoms with Crippen LogP contribution in [0.2, 0.25) is 0 Å². The van der Waals surface area contributed by atoms with Gasteiger partial charge in [-0.2, -0.15) is 11.8 Å². The number of nitrogens with one attached hydrogen (secondary N) is 1. The molecule has 3 rings (SSSR count). The number of fused-ring (bicyclic) bond motifs is 2. The normalized spacial score (nSPS) is 31.6. The lowest BCUT2D eigenvalue weighted by Gasteiger charge is -2.46. The van der Waals surface area contributed by atoms with Gasteiger partial charge in [-0.15, -0.1) is 6.58 Å². The molecule has 0 saturated carbocycles. The molecule has 0 bridgehead atoms. The van der Waals surface area contributed by atoms with Crippen molar-refractivity contribution in [2.24, 2.45) is 0 Å². The third-order valence-corrected chi connectivity index (χ3v) is 5.64. The van der Waals surface area contributed by atoms with Crippen molar-refractivity contribution in [2.75, 3.05) is 31.7 Å². The maximum atomic E-state index is 12.9. The molecule has 3 aliphatic rings. The van der Waals surface area contributed by atoms with Crippen molar-refractivity contribution in [1.29, 1.82) is 0 Å². The van der Waals surface area contributed by atoms with Crippen molar-refractivity contribution < 1.29 is 19.1 Å². The number of piperidine rings is 1. The minimum atomic E-state index is -0.463. The number of thioether (sulfide) groups is 1. The first-order valence-electron chi connectivity index (χ1n) is 8.67. The Labute approximate surface area is 152 Å². The van der Waals surface area contributed by atoms with Crippen LogP contribution in [-0.2, 0) is 19.1 Å². The highest BCUT2D eigenvalue weighted by Crippen LogP contribution is 2.32. The van der Waals surface area contributed by atoms with E-state index in [1.807, 2.05) is 6.26 Å². The van der Waals surface area contributed by atoms with Gasteiger partial charge in [-0.1, -0.05) is 6.08 Å². The Bertz CT molecular complexity index is 570. The fraction of sp³-hybridized carbons (Fsp3) is 0.706. The van der Waals surface area contributed by atoms with Crippen LogP contribution in [0.1, 0.15) is 19.3 Å². The molecular weight excluding hydrogens is 342 g/mol. The molecule has 0 radical (unpaired) electrons.